The Morgan fingerprint density at radius 1 is 1.46 bits per heavy atom. The largest absolute Gasteiger partial charge is 0.397 e. The molecule has 0 aliphatic heterocycles. The molecule has 1 rings (SSSR count). The van der Waals surface area contributed by atoms with Crippen LogP contribution in [0.3, 0.4) is 0 Å². The molecule has 13 heavy (non-hydrogen) atoms. The molecule has 0 spiro atoms. The van der Waals surface area contributed by atoms with E-state index in [4.69, 9.17) is 5.73 Å². The monoisotopic (exact) mass is 204 g/mol. The van der Waals surface area contributed by atoms with E-state index in [0.29, 0.717) is 0 Å². The van der Waals surface area contributed by atoms with E-state index in [2.05, 4.69) is 4.72 Å². The first-order chi connectivity index (χ1) is 5.88. The molecular formula is C7H9FN2O2S. The van der Waals surface area contributed by atoms with Gasteiger partial charge < -0.3 is 5.73 Å². The predicted molar refractivity (Wildman–Crippen MR) is 49.3 cm³/mol. The second-order valence-corrected chi connectivity index (χ2v) is 4.35. The van der Waals surface area contributed by atoms with Crippen LogP contribution in [0.2, 0.25) is 0 Å². The quantitative estimate of drug-likeness (QED) is 0.699. The molecule has 0 saturated carbocycles. The van der Waals surface area contributed by atoms with Crippen molar-refractivity contribution >= 4 is 21.4 Å². The molecule has 1 aromatic rings. The summed E-state index contributed by atoms with van der Waals surface area (Å²) in [6.45, 7) is 0. The summed E-state index contributed by atoms with van der Waals surface area (Å²) in [5.41, 5.74) is 5.65. The number of hydrogen-bond donors (Lipinski definition) is 2. The van der Waals surface area contributed by atoms with Crippen molar-refractivity contribution in [3.8, 4) is 0 Å². The van der Waals surface area contributed by atoms with E-state index in [-0.39, 0.29) is 11.4 Å². The van der Waals surface area contributed by atoms with Crippen LogP contribution in [0.15, 0.2) is 18.2 Å². The van der Waals surface area contributed by atoms with Gasteiger partial charge in [0, 0.05) is 6.07 Å². The molecule has 0 amide bonds. The fraction of sp³-hybridized carbons (Fsp3) is 0.143. The van der Waals surface area contributed by atoms with Crippen LogP contribution in [0.1, 0.15) is 0 Å². The first-order valence-corrected chi connectivity index (χ1v) is 5.30. The Morgan fingerprint density at radius 2 is 2.08 bits per heavy atom. The Kier molecular flexibility index (Phi) is 2.42. The molecule has 0 unspecified atom stereocenters. The number of anilines is 2. The van der Waals surface area contributed by atoms with Crippen molar-refractivity contribution < 1.29 is 12.8 Å². The molecular weight excluding hydrogens is 195 g/mol. The molecule has 4 nitrogen and oxygen atoms in total. The number of benzene rings is 1. The van der Waals surface area contributed by atoms with Crippen molar-refractivity contribution in [3.05, 3.63) is 24.0 Å². The topological polar surface area (TPSA) is 72.2 Å². The third kappa shape index (κ3) is 2.90. The van der Waals surface area contributed by atoms with Gasteiger partial charge in [-0.1, -0.05) is 0 Å². The van der Waals surface area contributed by atoms with E-state index in [0.717, 1.165) is 18.4 Å². The van der Waals surface area contributed by atoms with Crippen molar-refractivity contribution in [1.82, 2.24) is 0 Å². The highest BCUT2D eigenvalue weighted by atomic mass is 32.2. The summed E-state index contributed by atoms with van der Waals surface area (Å²) in [4.78, 5) is 0. The predicted octanol–water partition coefficient (Wildman–Crippen LogP) is 0.779. The number of rotatable bonds is 2. The van der Waals surface area contributed by atoms with Crippen LogP contribution in [-0.2, 0) is 10.0 Å². The Balaban J connectivity index is 3.08. The minimum Gasteiger partial charge on any atom is -0.397 e. The highest BCUT2D eigenvalue weighted by Gasteiger charge is 2.05. The van der Waals surface area contributed by atoms with E-state index < -0.39 is 15.8 Å². The van der Waals surface area contributed by atoms with Gasteiger partial charge in [0.2, 0.25) is 10.0 Å². The van der Waals surface area contributed by atoms with Crippen molar-refractivity contribution in [2.75, 3.05) is 16.7 Å². The highest BCUT2D eigenvalue weighted by Crippen LogP contribution is 2.19. The number of hydrogen-bond acceptors (Lipinski definition) is 3. The first-order valence-electron chi connectivity index (χ1n) is 3.41. The lowest BCUT2D eigenvalue weighted by atomic mass is 10.3. The Bertz CT molecular complexity index is 417. The van der Waals surface area contributed by atoms with Gasteiger partial charge in [-0.3, -0.25) is 4.72 Å². The maximum atomic E-state index is 12.6. The summed E-state index contributed by atoms with van der Waals surface area (Å²) >= 11 is 0. The standard InChI is InChI=1S/C7H9FN2O2S/c1-13(11,12)10-7-4-5(8)2-3-6(7)9/h2-4,10H,9H2,1H3. The molecule has 0 heterocycles. The van der Waals surface area contributed by atoms with Crippen LogP contribution in [0.25, 0.3) is 0 Å². The fourth-order valence-corrected chi connectivity index (χ4v) is 1.39. The van der Waals surface area contributed by atoms with E-state index in [1.54, 1.807) is 0 Å². The Hall–Kier alpha value is -1.30. The SMILES string of the molecule is CS(=O)(=O)Nc1cc(F)ccc1N. The smallest absolute Gasteiger partial charge is 0.229 e. The minimum atomic E-state index is -3.41. The van der Waals surface area contributed by atoms with Gasteiger partial charge in [-0.15, -0.1) is 0 Å². The zero-order chi connectivity index (χ0) is 10.1. The van der Waals surface area contributed by atoms with Gasteiger partial charge in [0.15, 0.2) is 0 Å². The van der Waals surface area contributed by atoms with Crippen LogP contribution in [0, 0.1) is 5.82 Å². The second-order valence-electron chi connectivity index (χ2n) is 2.61. The van der Waals surface area contributed by atoms with E-state index in [9.17, 15) is 12.8 Å². The lowest BCUT2D eigenvalue weighted by Crippen LogP contribution is -2.11. The minimum absolute atomic E-state index is 0.0579. The summed E-state index contributed by atoms with van der Waals surface area (Å²) in [5.74, 6) is -0.541. The summed E-state index contributed by atoms with van der Waals surface area (Å²) in [6, 6.07) is 3.47. The molecule has 6 heteroatoms. The average molecular weight is 204 g/mol. The summed E-state index contributed by atoms with van der Waals surface area (Å²) in [6.07, 6.45) is 0.970. The van der Waals surface area contributed by atoms with E-state index in [1.165, 1.54) is 6.07 Å². The van der Waals surface area contributed by atoms with Gasteiger partial charge in [0.25, 0.3) is 0 Å². The molecule has 0 fully saturated rings. The van der Waals surface area contributed by atoms with Crippen LogP contribution in [-0.4, -0.2) is 14.7 Å². The molecule has 3 N–H and O–H groups in total. The number of nitrogens with one attached hydrogen (secondary N) is 1. The molecule has 1 aromatic carbocycles. The molecule has 0 bridgehead atoms. The third-order valence-corrected chi connectivity index (χ3v) is 1.90. The van der Waals surface area contributed by atoms with Crippen LogP contribution in [0.4, 0.5) is 15.8 Å². The van der Waals surface area contributed by atoms with Crippen molar-refractivity contribution in [3.63, 3.8) is 0 Å². The zero-order valence-electron chi connectivity index (χ0n) is 6.91. The highest BCUT2D eigenvalue weighted by molar-refractivity contribution is 7.92. The van der Waals surface area contributed by atoms with Gasteiger partial charge in [0.1, 0.15) is 5.82 Å². The number of halogens is 1. The second kappa shape index (κ2) is 3.21. The molecule has 0 atom stereocenters. The Labute approximate surface area is 75.6 Å². The fourth-order valence-electron chi connectivity index (χ4n) is 0.817. The summed E-state index contributed by atoms with van der Waals surface area (Å²) in [5, 5.41) is 0. The van der Waals surface area contributed by atoms with E-state index >= 15 is 0 Å². The Morgan fingerprint density at radius 3 is 2.62 bits per heavy atom. The first kappa shape index (κ1) is 9.79. The lowest BCUT2D eigenvalue weighted by molar-refractivity contribution is 0.606. The number of nitrogens with two attached hydrogens (primary N) is 1. The van der Waals surface area contributed by atoms with Crippen molar-refractivity contribution in [2.24, 2.45) is 0 Å². The number of sulfonamides is 1. The molecule has 0 radical (unpaired) electrons. The summed E-state index contributed by atoms with van der Waals surface area (Å²) < 4.78 is 36.3. The number of nitrogen functional groups attached to an aromatic ring is 1. The van der Waals surface area contributed by atoms with Gasteiger partial charge in [-0.2, -0.15) is 0 Å². The van der Waals surface area contributed by atoms with Gasteiger partial charge in [-0.05, 0) is 12.1 Å². The average Bonchev–Trinajstić information content (AvgIpc) is 1.94. The third-order valence-electron chi connectivity index (χ3n) is 1.31. The normalized spacial score (nSPS) is 11.2. The van der Waals surface area contributed by atoms with E-state index in [1.807, 2.05) is 0 Å². The lowest BCUT2D eigenvalue weighted by Gasteiger charge is -2.06. The maximum absolute atomic E-state index is 12.6. The molecule has 0 saturated heterocycles. The maximum Gasteiger partial charge on any atom is 0.229 e. The molecule has 72 valence electrons. The van der Waals surface area contributed by atoms with Gasteiger partial charge in [0.05, 0.1) is 17.6 Å². The van der Waals surface area contributed by atoms with Gasteiger partial charge >= 0.3 is 0 Å². The molecule has 0 aliphatic rings. The zero-order valence-corrected chi connectivity index (χ0v) is 7.73. The van der Waals surface area contributed by atoms with Crippen LogP contribution < -0.4 is 10.5 Å². The molecule has 0 aliphatic carbocycles. The van der Waals surface area contributed by atoms with Gasteiger partial charge in [-0.25, -0.2) is 12.8 Å². The molecule has 0 aromatic heterocycles. The van der Waals surface area contributed by atoms with Crippen LogP contribution >= 0.6 is 0 Å². The van der Waals surface area contributed by atoms with Crippen LogP contribution in [0.5, 0.6) is 0 Å². The van der Waals surface area contributed by atoms with Crippen molar-refractivity contribution in [2.45, 2.75) is 0 Å². The van der Waals surface area contributed by atoms with Crippen molar-refractivity contribution in [1.29, 1.82) is 0 Å². The summed E-state index contributed by atoms with van der Waals surface area (Å²) in [7, 11) is -3.41.